The van der Waals surface area contributed by atoms with Crippen LogP contribution in [0.5, 0.6) is 0 Å². The van der Waals surface area contributed by atoms with Gasteiger partial charge in [-0.1, -0.05) is 27.2 Å². The summed E-state index contributed by atoms with van der Waals surface area (Å²) in [6.07, 6.45) is 3.45. The summed E-state index contributed by atoms with van der Waals surface area (Å²) in [4.78, 5) is 23.2. The zero-order valence-electron chi connectivity index (χ0n) is 12.8. The van der Waals surface area contributed by atoms with Gasteiger partial charge >= 0.3 is 5.97 Å². The van der Waals surface area contributed by atoms with E-state index >= 15 is 0 Å². The van der Waals surface area contributed by atoms with Gasteiger partial charge in [-0.3, -0.25) is 4.79 Å². The minimum absolute atomic E-state index is 0.0527. The number of carbonyl (C=O) groups is 2. The fourth-order valence-corrected chi connectivity index (χ4v) is 2.74. The van der Waals surface area contributed by atoms with E-state index in [4.69, 9.17) is 0 Å². The largest absolute Gasteiger partial charge is 0.480 e. The Labute approximate surface area is 121 Å². The Morgan fingerprint density at radius 3 is 2.60 bits per heavy atom. The lowest BCUT2D eigenvalue weighted by molar-refractivity contribution is -0.143. The molecule has 0 aliphatic carbocycles. The van der Waals surface area contributed by atoms with Crippen LogP contribution in [0.25, 0.3) is 0 Å². The molecule has 1 heterocycles. The van der Waals surface area contributed by atoms with Crippen LogP contribution in [0.1, 0.15) is 46.5 Å². The summed E-state index contributed by atoms with van der Waals surface area (Å²) >= 11 is 0. The molecule has 116 valence electrons. The first-order valence-corrected chi connectivity index (χ1v) is 7.68. The number of amides is 1. The first-order valence-electron chi connectivity index (χ1n) is 7.68. The predicted octanol–water partition coefficient (Wildman–Crippen LogP) is 1.63. The van der Waals surface area contributed by atoms with Gasteiger partial charge in [-0.2, -0.15) is 0 Å². The molecule has 3 N–H and O–H groups in total. The highest BCUT2D eigenvalue weighted by molar-refractivity contribution is 5.83. The van der Waals surface area contributed by atoms with Gasteiger partial charge in [0.25, 0.3) is 0 Å². The molecule has 1 rings (SSSR count). The maximum atomic E-state index is 12.0. The molecule has 4 atom stereocenters. The molecule has 5 nitrogen and oxygen atoms in total. The van der Waals surface area contributed by atoms with E-state index in [1.54, 1.807) is 0 Å². The predicted molar refractivity (Wildman–Crippen MR) is 78.4 cm³/mol. The highest BCUT2D eigenvalue weighted by atomic mass is 16.4. The minimum atomic E-state index is -0.945. The average molecular weight is 284 g/mol. The SMILES string of the molecule is CCC(C)C(NC(=O)CC(C)C1CCCNC1)C(=O)O. The normalized spacial score (nSPS) is 23.6. The smallest absolute Gasteiger partial charge is 0.326 e. The monoisotopic (exact) mass is 284 g/mol. The fourth-order valence-electron chi connectivity index (χ4n) is 2.74. The van der Waals surface area contributed by atoms with Crippen LogP contribution in [0.15, 0.2) is 0 Å². The second-order valence-corrected chi connectivity index (χ2v) is 6.06. The van der Waals surface area contributed by atoms with E-state index in [0.29, 0.717) is 12.3 Å². The van der Waals surface area contributed by atoms with Gasteiger partial charge in [0.05, 0.1) is 0 Å². The van der Waals surface area contributed by atoms with Gasteiger partial charge in [0.15, 0.2) is 0 Å². The van der Waals surface area contributed by atoms with E-state index in [1.165, 1.54) is 0 Å². The van der Waals surface area contributed by atoms with Crippen molar-refractivity contribution in [2.24, 2.45) is 17.8 Å². The third-order valence-electron chi connectivity index (χ3n) is 4.44. The van der Waals surface area contributed by atoms with Gasteiger partial charge in [0.2, 0.25) is 5.91 Å². The molecule has 0 aromatic heterocycles. The van der Waals surface area contributed by atoms with Crippen molar-refractivity contribution >= 4 is 11.9 Å². The molecule has 0 saturated carbocycles. The van der Waals surface area contributed by atoms with Crippen LogP contribution in [0, 0.1) is 17.8 Å². The minimum Gasteiger partial charge on any atom is -0.480 e. The molecule has 5 heteroatoms. The summed E-state index contributed by atoms with van der Waals surface area (Å²) in [6.45, 7) is 7.89. The van der Waals surface area contributed by atoms with Crippen LogP contribution in [-0.2, 0) is 9.59 Å². The van der Waals surface area contributed by atoms with E-state index in [1.807, 2.05) is 13.8 Å². The van der Waals surface area contributed by atoms with Gasteiger partial charge in [-0.05, 0) is 43.7 Å². The molecule has 0 spiro atoms. The topological polar surface area (TPSA) is 78.4 Å². The van der Waals surface area contributed by atoms with Crippen LogP contribution in [0.3, 0.4) is 0 Å². The first-order chi connectivity index (χ1) is 9.45. The van der Waals surface area contributed by atoms with E-state index in [2.05, 4.69) is 17.6 Å². The van der Waals surface area contributed by atoms with Crippen molar-refractivity contribution in [1.29, 1.82) is 0 Å². The molecule has 1 fully saturated rings. The summed E-state index contributed by atoms with van der Waals surface area (Å²) in [6, 6.07) is -0.774. The molecular weight excluding hydrogens is 256 g/mol. The van der Waals surface area contributed by atoms with Gasteiger partial charge in [0.1, 0.15) is 6.04 Å². The third kappa shape index (κ3) is 5.12. The Morgan fingerprint density at radius 1 is 1.40 bits per heavy atom. The lowest BCUT2D eigenvalue weighted by Crippen LogP contribution is -2.46. The average Bonchev–Trinajstić information content (AvgIpc) is 2.44. The molecule has 1 amide bonds. The number of carboxylic acids is 1. The number of rotatable bonds is 7. The molecule has 0 aromatic carbocycles. The molecule has 0 radical (unpaired) electrons. The van der Waals surface area contributed by atoms with Crippen molar-refractivity contribution in [3.8, 4) is 0 Å². The second-order valence-electron chi connectivity index (χ2n) is 6.06. The second kappa shape index (κ2) is 8.25. The van der Waals surface area contributed by atoms with Crippen molar-refractivity contribution in [1.82, 2.24) is 10.6 Å². The summed E-state index contributed by atoms with van der Waals surface area (Å²) in [7, 11) is 0. The van der Waals surface area contributed by atoms with E-state index in [9.17, 15) is 14.7 Å². The number of aliphatic carboxylic acids is 1. The summed E-state index contributed by atoms with van der Waals surface area (Å²) in [5.74, 6) is -0.339. The van der Waals surface area contributed by atoms with Crippen LogP contribution in [0.4, 0.5) is 0 Å². The Balaban J connectivity index is 2.46. The summed E-state index contributed by atoms with van der Waals surface area (Å²) in [5, 5.41) is 15.2. The number of carboxylic acid groups (broad SMARTS) is 1. The molecule has 1 aliphatic heterocycles. The summed E-state index contributed by atoms with van der Waals surface area (Å²) in [5.41, 5.74) is 0. The lowest BCUT2D eigenvalue weighted by atomic mass is 9.85. The van der Waals surface area contributed by atoms with E-state index in [-0.39, 0.29) is 17.7 Å². The highest BCUT2D eigenvalue weighted by Crippen LogP contribution is 2.22. The van der Waals surface area contributed by atoms with Crippen molar-refractivity contribution in [2.75, 3.05) is 13.1 Å². The maximum absolute atomic E-state index is 12.0. The number of hydrogen-bond donors (Lipinski definition) is 3. The van der Waals surface area contributed by atoms with Gasteiger partial charge in [0, 0.05) is 6.42 Å². The number of carbonyl (C=O) groups excluding carboxylic acids is 1. The Hall–Kier alpha value is -1.10. The van der Waals surface area contributed by atoms with Gasteiger partial charge in [-0.15, -0.1) is 0 Å². The molecule has 1 saturated heterocycles. The van der Waals surface area contributed by atoms with Crippen LogP contribution < -0.4 is 10.6 Å². The van der Waals surface area contributed by atoms with Gasteiger partial charge < -0.3 is 15.7 Å². The Bertz CT molecular complexity index is 327. The Kier molecular flexibility index (Phi) is 6.99. The number of hydrogen-bond acceptors (Lipinski definition) is 3. The molecule has 20 heavy (non-hydrogen) atoms. The lowest BCUT2D eigenvalue weighted by Gasteiger charge is -2.28. The van der Waals surface area contributed by atoms with E-state index < -0.39 is 12.0 Å². The van der Waals surface area contributed by atoms with Crippen LogP contribution >= 0.6 is 0 Å². The first kappa shape index (κ1) is 17.0. The molecular formula is C15H28N2O3. The van der Waals surface area contributed by atoms with Crippen LogP contribution in [-0.4, -0.2) is 36.1 Å². The number of nitrogens with one attached hydrogen (secondary N) is 2. The quantitative estimate of drug-likeness (QED) is 0.664. The summed E-state index contributed by atoms with van der Waals surface area (Å²) < 4.78 is 0. The van der Waals surface area contributed by atoms with Crippen LogP contribution in [0.2, 0.25) is 0 Å². The molecule has 4 unspecified atom stereocenters. The molecule has 0 bridgehead atoms. The fraction of sp³-hybridized carbons (Fsp3) is 0.867. The van der Waals surface area contributed by atoms with Crippen molar-refractivity contribution < 1.29 is 14.7 Å². The molecule has 0 aromatic rings. The maximum Gasteiger partial charge on any atom is 0.326 e. The molecule has 1 aliphatic rings. The van der Waals surface area contributed by atoms with Crippen molar-refractivity contribution in [3.63, 3.8) is 0 Å². The van der Waals surface area contributed by atoms with Gasteiger partial charge in [-0.25, -0.2) is 4.79 Å². The highest BCUT2D eigenvalue weighted by Gasteiger charge is 2.27. The number of piperidine rings is 1. The zero-order chi connectivity index (χ0) is 15.1. The zero-order valence-corrected chi connectivity index (χ0v) is 12.8. The van der Waals surface area contributed by atoms with Crippen molar-refractivity contribution in [2.45, 2.75) is 52.5 Å². The third-order valence-corrected chi connectivity index (χ3v) is 4.44. The Morgan fingerprint density at radius 2 is 2.10 bits per heavy atom. The van der Waals surface area contributed by atoms with Crippen molar-refractivity contribution in [3.05, 3.63) is 0 Å². The standard InChI is InChI=1S/C15H28N2O3/c1-4-10(2)14(15(19)20)17-13(18)8-11(3)12-6-5-7-16-9-12/h10-12,14,16H,4-9H2,1-3H3,(H,17,18)(H,19,20). The van der Waals surface area contributed by atoms with E-state index in [0.717, 1.165) is 32.4 Å².